The minimum absolute atomic E-state index is 0.154. The molecule has 3 aromatic rings. The Kier molecular flexibility index (Phi) is 4.80. The predicted octanol–water partition coefficient (Wildman–Crippen LogP) is 4.20. The molecule has 0 saturated carbocycles. The van der Waals surface area contributed by atoms with Crippen LogP contribution in [-0.4, -0.2) is 40.8 Å². The number of aromatic nitrogens is 3. The van der Waals surface area contributed by atoms with Gasteiger partial charge in [-0.1, -0.05) is 17.7 Å². The molecule has 1 aromatic carbocycles. The van der Waals surface area contributed by atoms with Crippen molar-refractivity contribution in [2.45, 2.75) is 12.5 Å². The lowest BCUT2D eigenvalue weighted by Crippen LogP contribution is -2.29. The van der Waals surface area contributed by atoms with Crippen molar-refractivity contribution in [3.8, 4) is 17.0 Å². The third-order valence-corrected chi connectivity index (χ3v) is 5.33. The smallest absolute Gasteiger partial charge is 0.236 e. The highest BCUT2D eigenvalue weighted by Crippen LogP contribution is 2.37. The number of ether oxygens (including phenoxy) is 3. The first-order valence-electron chi connectivity index (χ1n) is 9.42. The summed E-state index contributed by atoms with van der Waals surface area (Å²) in [5.74, 6) is 1.80. The molecule has 0 radical (unpaired) electrons. The molecular formula is C21H18ClFN4O3. The van der Waals surface area contributed by atoms with Crippen molar-refractivity contribution in [3.63, 3.8) is 0 Å². The van der Waals surface area contributed by atoms with Crippen LogP contribution in [0.15, 0.2) is 54.2 Å². The molecule has 1 saturated heterocycles. The van der Waals surface area contributed by atoms with Crippen molar-refractivity contribution < 1.29 is 18.6 Å². The van der Waals surface area contributed by atoms with Gasteiger partial charge < -0.3 is 19.5 Å². The number of fused-ring (bicyclic) bond motifs is 2. The van der Waals surface area contributed by atoms with E-state index in [0.29, 0.717) is 42.7 Å². The van der Waals surface area contributed by atoms with Crippen molar-refractivity contribution in [3.05, 3.63) is 65.0 Å². The molecule has 2 aromatic heterocycles. The van der Waals surface area contributed by atoms with Gasteiger partial charge >= 0.3 is 0 Å². The zero-order chi connectivity index (χ0) is 20.7. The summed E-state index contributed by atoms with van der Waals surface area (Å²) < 4.78 is 33.2. The highest BCUT2D eigenvalue weighted by atomic mass is 35.5. The zero-order valence-corrected chi connectivity index (χ0v) is 16.8. The first-order chi connectivity index (χ1) is 14.6. The van der Waals surface area contributed by atoms with E-state index in [-0.39, 0.29) is 16.7 Å². The Morgan fingerprint density at radius 1 is 1.30 bits per heavy atom. The average Bonchev–Trinajstić information content (AvgIpc) is 3.10. The predicted molar refractivity (Wildman–Crippen MR) is 110 cm³/mol. The lowest BCUT2D eigenvalue weighted by atomic mass is 10.0. The molecule has 1 atom stereocenters. The van der Waals surface area contributed by atoms with Crippen molar-refractivity contribution in [1.82, 2.24) is 14.4 Å². The van der Waals surface area contributed by atoms with Crippen LogP contribution in [0.5, 0.6) is 5.75 Å². The SMILES string of the molecule is COc1cnc2nc(-c3c(F)cccc3Cl)c(NC3=CC=C4OCCOC4C3)n2c1. The third-order valence-electron chi connectivity index (χ3n) is 5.01. The number of rotatable bonds is 4. The Hall–Kier alpha value is -3.10. The summed E-state index contributed by atoms with van der Waals surface area (Å²) >= 11 is 6.33. The summed E-state index contributed by atoms with van der Waals surface area (Å²) in [5, 5.41) is 3.63. The molecule has 154 valence electrons. The summed E-state index contributed by atoms with van der Waals surface area (Å²) in [6.07, 6.45) is 7.52. The third kappa shape index (κ3) is 3.28. The maximum atomic E-state index is 14.7. The lowest BCUT2D eigenvalue weighted by molar-refractivity contribution is -0.0424. The van der Waals surface area contributed by atoms with Crippen LogP contribution < -0.4 is 10.1 Å². The van der Waals surface area contributed by atoms with Crippen molar-refractivity contribution >= 4 is 23.2 Å². The number of halogens is 2. The number of hydrogen-bond acceptors (Lipinski definition) is 6. The van der Waals surface area contributed by atoms with Crippen LogP contribution in [0.3, 0.4) is 0 Å². The quantitative estimate of drug-likeness (QED) is 0.671. The fraction of sp³-hybridized carbons (Fsp3) is 0.238. The molecule has 30 heavy (non-hydrogen) atoms. The standard InChI is InChI=1S/C21H18ClFN4O3/c1-28-13-10-24-21-26-19(18-14(22)3-2-4-15(18)23)20(27(21)11-13)25-12-5-6-16-17(9-12)30-8-7-29-16/h2-6,10-11,17,25H,7-9H2,1H3. The van der Waals surface area contributed by atoms with E-state index in [9.17, 15) is 4.39 Å². The lowest BCUT2D eigenvalue weighted by Gasteiger charge is -2.29. The molecule has 7 nitrogen and oxygen atoms in total. The van der Waals surface area contributed by atoms with E-state index >= 15 is 0 Å². The summed E-state index contributed by atoms with van der Waals surface area (Å²) in [4.78, 5) is 8.86. The van der Waals surface area contributed by atoms with E-state index in [1.807, 2.05) is 12.2 Å². The van der Waals surface area contributed by atoms with Gasteiger partial charge in [0.2, 0.25) is 5.78 Å². The zero-order valence-electron chi connectivity index (χ0n) is 16.1. The summed E-state index contributed by atoms with van der Waals surface area (Å²) in [7, 11) is 1.55. The number of nitrogens with zero attached hydrogens (tertiary/aromatic N) is 3. The average molecular weight is 429 g/mol. The van der Waals surface area contributed by atoms with E-state index in [0.717, 1.165) is 11.5 Å². The van der Waals surface area contributed by atoms with Gasteiger partial charge in [-0.3, -0.25) is 4.40 Å². The molecule has 1 aliphatic heterocycles. The second kappa shape index (κ2) is 7.62. The number of allylic oxidation sites excluding steroid dienone is 2. The highest BCUT2D eigenvalue weighted by Gasteiger charge is 2.27. The number of imidazole rings is 1. The van der Waals surface area contributed by atoms with Crippen LogP contribution in [0.1, 0.15) is 6.42 Å². The van der Waals surface area contributed by atoms with Gasteiger partial charge in [-0.05, 0) is 24.3 Å². The maximum absolute atomic E-state index is 14.7. The van der Waals surface area contributed by atoms with Crippen LogP contribution in [-0.2, 0) is 9.47 Å². The molecule has 0 spiro atoms. The highest BCUT2D eigenvalue weighted by molar-refractivity contribution is 6.33. The molecule has 1 fully saturated rings. The second-order valence-corrected chi connectivity index (χ2v) is 7.27. The van der Waals surface area contributed by atoms with Gasteiger partial charge in [-0.15, -0.1) is 0 Å². The largest absolute Gasteiger partial charge is 0.494 e. The minimum Gasteiger partial charge on any atom is -0.494 e. The van der Waals surface area contributed by atoms with Crippen LogP contribution in [0.2, 0.25) is 5.02 Å². The monoisotopic (exact) mass is 428 g/mol. The fourth-order valence-electron chi connectivity index (χ4n) is 3.57. The normalized spacial score (nSPS) is 18.3. The number of anilines is 1. The molecule has 1 aliphatic carbocycles. The topological polar surface area (TPSA) is 69.9 Å². The van der Waals surface area contributed by atoms with Gasteiger partial charge in [0.25, 0.3) is 0 Å². The molecular weight excluding hydrogens is 411 g/mol. The fourth-order valence-corrected chi connectivity index (χ4v) is 3.83. The molecule has 1 N–H and O–H groups in total. The van der Waals surface area contributed by atoms with Gasteiger partial charge in [-0.25, -0.2) is 14.4 Å². The summed E-state index contributed by atoms with van der Waals surface area (Å²) in [6, 6.07) is 4.54. The number of nitrogens with one attached hydrogen (secondary N) is 1. The van der Waals surface area contributed by atoms with Crippen LogP contribution in [0.25, 0.3) is 17.0 Å². The Morgan fingerprint density at radius 2 is 2.20 bits per heavy atom. The summed E-state index contributed by atoms with van der Waals surface area (Å²) in [6.45, 7) is 1.09. The molecule has 2 aliphatic rings. The first kappa shape index (κ1) is 18.9. The number of hydrogen-bond donors (Lipinski definition) is 1. The minimum atomic E-state index is -0.468. The number of methoxy groups -OCH3 is 1. The van der Waals surface area contributed by atoms with Crippen LogP contribution >= 0.6 is 11.6 Å². The van der Waals surface area contributed by atoms with Crippen LogP contribution in [0.4, 0.5) is 10.2 Å². The molecule has 3 heterocycles. The van der Waals surface area contributed by atoms with E-state index < -0.39 is 5.82 Å². The molecule has 0 bridgehead atoms. The molecule has 9 heteroatoms. The van der Waals surface area contributed by atoms with Crippen LogP contribution in [0, 0.1) is 5.82 Å². The van der Waals surface area contributed by atoms with Gasteiger partial charge in [0.05, 0.1) is 36.7 Å². The van der Waals surface area contributed by atoms with E-state index in [1.54, 1.807) is 36.0 Å². The van der Waals surface area contributed by atoms with Gasteiger partial charge in [0.1, 0.15) is 35.8 Å². The Balaban J connectivity index is 1.64. The van der Waals surface area contributed by atoms with Gasteiger partial charge in [0, 0.05) is 12.1 Å². The molecule has 1 unspecified atom stereocenters. The van der Waals surface area contributed by atoms with E-state index in [1.165, 1.54) is 6.07 Å². The van der Waals surface area contributed by atoms with Crippen molar-refractivity contribution in [2.75, 3.05) is 25.6 Å². The Labute approximate surface area is 176 Å². The Bertz CT molecular complexity index is 1170. The van der Waals surface area contributed by atoms with Crippen molar-refractivity contribution in [1.29, 1.82) is 0 Å². The van der Waals surface area contributed by atoms with Gasteiger partial charge in [0.15, 0.2) is 5.75 Å². The maximum Gasteiger partial charge on any atom is 0.236 e. The first-order valence-corrected chi connectivity index (χ1v) is 9.80. The van der Waals surface area contributed by atoms with E-state index in [4.69, 9.17) is 25.8 Å². The van der Waals surface area contributed by atoms with Crippen molar-refractivity contribution in [2.24, 2.45) is 0 Å². The second-order valence-electron chi connectivity index (χ2n) is 6.87. The molecule has 5 rings (SSSR count). The van der Waals surface area contributed by atoms with E-state index in [2.05, 4.69) is 15.3 Å². The Morgan fingerprint density at radius 3 is 3.03 bits per heavy atom. The van der Waals surface area contributed by atoms with Gasteiger partial charge in [-0.2, -0.15) is 0 Å². The summed E-state index contributed by atoms with van der Waals surface area (Å²) in [5.41, 5.74) is 1.43. The number of benzene rings is 1. The molecule has 0 amide bonds.